The lowest BCUT2D eigenvalue weighted by Crippen LogP contribution is -2.30. The van der Waals surface area contributed by atoms with E-state index in [0.717, 1.165) is 11.3 Å². The van der Waals surface area contributed by atoms with Crippen LogP contribution in [0.4, 0.5) is 5.69 Å². The molecule has 2 aromatic rings. The van der Waals surface area contributed by atoms with Gasteiger partial charge in [-0.3, -0.25) is 0 Å². The molecule has 0 fully saturated rings. The van der Waals surface area contributed by atoms with Crippen LogP contribution >= 0.6 is 11.6 Å². The van der Waals surface area contributed by atoms with Crippen molar-refractivity contribution in [1.82, 2.24) is 0 Å². The zero-order valence-electron chi connectivity index (χ0n) is 12.9. The van der Waals surface area contributed by atoms with E-state index in [1.807, 2.05) is 60.7 Å². The van der Waals surface area contributed by atoms with E-state index in [2.05, 4.69) is 23.7 Å². The fourth-order valence-corrected chi connectivity index (χ4v) is 2.43. The van der Waals surface area contributed by atoms with Gasteiger partial charge in [-0.15, -0.1) is 6.58 Å². The Morgan fingerprint density at radius 3 is 2.61 bits per heavy atom. The van der Waals surface area contributed by atoms with Crippen LogP contribution in [0.5, 0.6) is 0 Å². The highest BCUT2D eigenvalue weighted by Crippen LogP contribution is 2.16. The Morgan fingerprint density at radius 2 is 1.96 bits per heavy atom. The molecule has 0 aliphatic rings. The lowest BCUT2D eigenvalue weighted by atomic mass is 9.96. The summed E-state index contributed by atoms with van der Waals surface area (Å²) in [6.45, 7) is 3.81. The summed E-state index contributed by atoms with van der Waals surface area (Å²) in [7, 11) is 0. The molecule has 0 radical (unpaired) electrons. The van der Waals surface area contributed by atoms with Crippen LogP contribution in [0, 0.1) is 17.8 Å². The molecule has 0 heterocycles. The molecular formula is C20H20ClNO. The summed E-state index contributed by atoms with van der Waals surface area (Å²) < 4.78 is 0. The maximum absolute atomic E-state index is 9.67. The van der Waals surface area contributed by atoms with Crippen LogP contribution in [-0.4, -0.2) is 17.8 Å². The summed E-state index contributed by atoms with van der Waals surface area (Å²) in [5.74, 6) is 6.33. The lowest BCUT2D eigenvalue weighted by molar-refractivity contribution is 0.223. The zero-order chi connectivity index (χ0) is 16.5. The average Bonchev–Trinajstić information content (AvgIpc) is 2.57. The van der Waals surface area contributed by atoms with Gasteiger partial charge in [-0.25, -0.2) is 0 Å². The number of allylic oxidation sites excluding steroid dienone is 1. The first-order chi connectivity index (χ1) is 11.2. The van der Waals surface area contributed by atoms with Crippen LogP contribution < -0.4 is 5.32 Å². The third-order valence-corrected chi connectivity index (χ3v) is 3.70. The molecule has 0 aliphatic carbocycles. The summed E-state index contributed by atoms with van der Waals surface area (Å²) in [5.41, 5.74) is 1.83. The van der Waals surface area contributed by atoms with Crippen molar-refractivity contribution in [1.29, 1.82) is 0 Å². The van der Waals surface area contributed by atoms with Gasteiger partial charge in [0, 0.05) is 28.8 Å². The molecule has 0 spiro atoms. The van der Waals surface area contributed by atoms with Crippen LogP contribution in [0.2, 0.25) is 5.02 Å². The van der Waals surface area contributed by atoms with E-state index in [1.54, 1.807) is 0 Å². The standard InChI is InChI=1S/C20H20ClNO/c1-2-7-17(15-23)20(22-19-10-4-3-5-11-19)13-12-16-8-6-9-18(21)14-16/h2-6,8-11,14,17,20,22-23H,1,7,15H2/t17-,20?/m1/s1. The minimum absolute atomic E-state index is 0.0283. The van der Waals surface area contributed by atoms with Gasteiger partial charge in [-0.2, -0.15) is 0 Å². The summed E-state index contributed by atoms with van der Waals surface area (Å²) in [5, 5.41) is 13.7. The van der Waals surface area contributed by atoms with Gasteiger partial charge in [0.1, 0.15) is 0 Å². The van der Waals surface area contributed by atoms with E-state index in [1.165, 1.54) is 0 Å². The number of nitrogens with one attached hydrogen (secondary N) is 1. The number of rotatable bonds is 6. The van der Waals surface area contributed by atoms with Crippen LogP contribution in [0.3, 0.4) is 0 Å². The third-order valence-electron chi connectivity index (χ3n) is 3.47. The summed E-state index contributed by atoms with van der Waals surface area (Å²) >= 11 is 5.99. The maximum Gasteiger partial charge on any atom is 0.0934 e. The normalized spacial score (nSPS) is 12.6. The van der Waals surface area contributed by atoms with Crippen molar-refractivity contribution in [3.05, 3.63) is 77.8 Å². The summed E-state index contributed by atoms with van der Waals surface area (Å²) in [6.07, 6.45) is 2.49. The van der Waals surface area contributed by atoms with Crippen LogP contribution in [0.1, 0.15) is 12.0 Å². The van der Waals surface area contributed by atoms with Crippen molar-refractivity contribution in [2.75, 3.05) is 11.9 Å². The van der Waals surface area contributed by atoms with Crippen molar-refractivity contribution in [2.24, 2.45) is 5.92 Å². The molecule has 2 rings (SSSR count). The molecule has 0 bridgehead atoms. The van der Waals surface area contributed by atoms with Gasteiger partial charge < -0.3 is 10.4 Å². The second-order valence-electron chi connectivity index (χ2n) is 5.23. The summed E-state index contributed by atoms with van der Waals surface area (Å²) in [6, 6.07) is 17.1. The molecule has 2 aromatic carbocycles. The fraction of sp³-hybridized carbons (Fsp3) is 0.200. The molecule has 0 aliphatic heterocycles. The van der Waals surface area contributed by atoms with E-state index in [4.69, 9.17) is 11.6 Å². The summed E-state index contributed by atoms with van der Waals surface area (Å²) in [4.78, 5) is 0. The minimum atomic E-state index is -0.181. The SMILES string of the molecule is C=CC[C@H](CO)C(C#Cc1cccc(Cl)c1)Nc1ccccc1. The largest absolute Gasteiger partial charge is 0.396 e. The predicted octanol–water partition coefficient (Wildman–Crippen LogP) is 4.36. The van der Waals surface area contributed by atoms with Gasteiger partial charge >= 0.3 is 0 Å². The topological polar surface area (TPSA) is 32.3 Å². The molecule has 2 nitrogen and oxygen atoms in total. The smallest absolute Gasteiger partial charge is 0.0934 e. The first-order valence-corrected chi connectivity index (χ1v) is 7.91. The molecule has 2 N–H and O–H groups in total. The number of hydrogen-bond donors (Lipinski definition) is 2. The Labute approximate surface area is 142 Å². The minimum Gasteiger partial charge on any atom is -0.396 e. The molecule has 3 heteroatoms. The quantitative estimate of drug-likeness (QED) is 0.611. The number of benzene rings is 2. The maximum atomic E-state index is 9.67. The Kier molecular flexibility index (Phi) is 6.75. The van der Waals surface area contributed by atoms with E-state index < -0.39 is 0 Å². The number of para-hydroxylation sites is 1. The molecule has 1 unspecified atom stereocenters. The molecule has 0 aromatic heterocycles. The second kappa shape index (κ2) is 9.05. The first-order valence-electron chi connectivity index (χ1n) is 7.53. The third kappa shape index (κ3) is 5.49. The Morgan fingerprint density at radius 1 is 1.17 bits per heavy atom. The highest BCUT2D eigenvalue weighted by atomic mass is 35.5. The molecule has 0 amide bonds. The van der Waals surface area contributed by atoms with Gasteiger partial charge in [0.25, 0.3) is 0 Å². The second-order valence-corrected chi connectivity index (χ2v) is 5.67. The van der Waals surface area contributed by atoms with Gasteiger partial charge in [0.05, 0.1) is 6.04 Å². The average molecular weight is 326 g/mol. The zero-order valence-corrected chi connectivity index (χ0v) is 13.6. The first kappa shape index (κ1) is 17.1. The molecule has 0 saturated carbocycles. The van der Waals surface area contributed by atoms with E-state index >= 15 is 0 Å². The van der Waals surface area contributed by atoms with Gasteiger partial charge in [0.2, 0.25) is 0 Å². The predicted molar refractivity (Wildman–Crippen MR) is 97.6 cm³/mol. The highest BCUT2D eigenvalue weighted by Gasteiger charge is 2.17. The Bertz CT molecular complexity index is 688. The van der Waals surface area contributed by atoms with Crippen LogP contribution in [0.15, 0.2) is 67.3 Å². The Balaban J connectivity index is 2.24. The monoisotopic (exact) mass is 325 g/mol. The number of halogens is 1. The molecule has 2 atom stereocenters. The fourth-order valence-electron chi connectivity index (χ4n) is 2.24. The number of anilines is 1. The van der Waals surface area contributed by atoms with E-state index in [0.29, 0.717) is 11.4 Å². The van der Waals surface area contributed by atoms with E-state index in [9.17, 15) is 5.11 Å². The van der Waals surface area contributed by atoms with Gasteiger partial charge in [-0.1, -0.05) is 53.8 Å². The van der Waals surface area contributed by atoms with E-state index in [-0.39, 0.29) is 18.6 Å². The van der Waals surface area contributed by atoms with Gasteiger partial charge in [-0.05, 0) is 36.8 Å². The molecular weight excluding hydrogens is 306 g/mol. The van der Waals surface area contributed by atoms with Gasteiger partial charge in [0.15, 0.2) is 0 Å². The number of aliphatic hydroxyl groups is 1. The van der Waals surface area contributed by atoms with Crippen LogP contribution in [0.25, 0.3) is 0 Å². The lowest BCUT2D eigenvalue weighted by Gasteiger charge is -2.22. The number of aliphatic hydroxyl groups excluding tert-OH is 1. The van der Waals surface area contributed by atoms with Crippen molar-refractivity contribution in [3.8, 4) is 11.8 Å². The Hall–Kier alpha value is -2.21. The molecule has 23 heavy (non-hydrogen) atoms. The van der Waals surface area contributed by atoms with Crippen molar-refractivity contribution < 1.29 is 5.11 Å². The van der Waals surface area contributed by atoms with Crippen LogP contribution in [-0.2, 0) is 0 Å². The highest BCUT2D eigenvalue weighted by molar-refractivity contribution is 6.30. The number of hydrogen-bond acceptors (Lipinski definition) is 2. The van der Waals surface area contributed by atoms with Crippen molar-refractivity contribution in [2.45, 2.75) is 12.5 Å². The van der Waals surface area contributed by atoms with Crippen molar-refractivity contribution in [3.63, 3.8) is 0 Å². The van der Waals surface area contributed by atoms with Crippen molar-refractivity contribution >= 4 is 17.3 Å². The molecule has 118 valence electrons. The molecule has 0 saturated heterocycles.